The Hall–Kier alpha value is -2.09. The molecule has 0 spiro atoms. The van der Waals surface area contributed by atoms with Crippen LogP contribution in [-0.4, -0.2) is 40.2 Å². The topological polar surface area (TPSA) is 58.2 Å². The van der Waals surface area contributed by atoms with E-state index in [4.69, 9.17) is 9.72 Å². The van der Waals surface area contributed by atoms with Gasteiger partial charge in [-0.15, -0.1) is 11.3 Å². The number of aromatic nitrogens is 2. The first kappa shape index (κ1) is 17.0. The Morgan fingerprint density at radius 3 is 3.00 bits per heavy atom. The minimum Gasteiger partial charge on any atom is -0.375 e. The van der Waals surface area contributed by atoms with Crippen molar-refractivity contribution < 1.29 is 9.13 Å². The second-order valence-corrected chi connectivity index (χ2v) is 8.27. The van der Waals surface area contributed by atoms with E-state index in [1.54, 1.807) is 12.1 Å². The fourth-order valence-electron chi connectivity index (χ4n) is 4.21. The predicted octanol–water partition coefficient (Wildman–Crippen LogP) is 3.54. The molecular weight excluding hydrogens is 365 g/mol. The third-order valence-corrected chi connectivity index (χ3v) is 6.68. The van der Waals surface area contributed by atoms with Crippen LogP contribution in [0.1, 0.15) is 25.1 Å². The number of halogens is 1. The first-order valence-electron chi connectivity index (χ1n) is 9.32. The predicted molar refractivity (Wildman–Crippen MR) is 103 cm³/mol. The van der Waals surface area contributed by atoms with Crippen LogP contribution in [0.15, 0.2) is 35.1 Å². The van der Waals surface area contributed by atoms with Gasteiger partial charge in [-0.25, -0.2) is 9.37 Å². The number of ether oxygens (including phenoxy) is 1. The molecule has 0 radical (unpaired) electrons. The lowest BCUT2D eigenvalue weighted by atomic mass is 10.1. The van der Waals surface area contributed by atoms with Gasteiger partial charge in [0.1, 0.15) is 16.3 Å². The Morgan fingerprint density at radius 1 is 1.30 bits per heavy atom. The first-order chi connectivity index (χ1) is 13.2. The Morgan fingerprint density at radius 2 is 2.15 bits per heavy atom. The van der Waals surface area contributed by atoms with Crippen molar-refractivity contribution in [2.45, 2.75) is 38.0 Å². The summed E-state index contributed by atoms with van der Waals surface area (Å²) in [6.07, 6.45) is 3.78. The first-order valence-corrected chi connectivity index (χ1v) is 10.1. The van der Waals surface area contributed by atoms with E-state index >= 15 is 0 Å². The Kier molecular flexibility index (Phi) is 4.30. The van der Waals surface area contributed by atoms with Gasteiger partial charge in [0, 0.05) is 17.5 Å². The summed E-state index contributed by atoms with van der Waals surface area (Å²) in [5.74, 6) is 0.428. The van der Waals surface area contributed by atoms with Crippen LogP contribution in [0.3, 0.4) is 0 Å². The van der Waals surface area contributed by atoms with Crippen LogP contribution in [0.2, 0.25) is 0 Å². The summed E-state index contributed by atoms with van der Waals surface area (Å²) in [6.45, 7) is 2.24. The Labute approximate surface area is 159 Å². The molecule has 5 nitrogen and oxygen atoms in total. The largest absolute Gasteiger partial charge is 0.375 e. The quantitative estimate of drug-likeness (QED) is 0.749. The molecule has 5 rings (SSSR count). The summed E-state index contributed by atoms with van der Waals surface area (Å²) >= 11 is 1.39. The van der Waals surface area contributed by atoms with Crippen LogP contribution >= 0.6 is 11.3 Å². The number of nitrogens with zero attached hydrogens (tertiary/aromatic N) is 2. The number of nitrogens with one attached hydrogen (secondary N) is 1. The zero-order valence-corrected chi connectivity index (χ0v) is 15.6. The van der Waals surface area contributed by atoms with E-state index < -0.39 is 0 Å². The standard InChI is InChI=1S/C20H20FN3O2S/c21-13-6-4-12(5-7-13)17-10-14-19(27-17)20(25)23-18(22-14)11-24-8-9-26-16-3-1-2-15(16)24/h4-7,10,15-16H,1-3,8-9,11H2,(H,22,23,25)/t15-,16+/m0/s1. The van der Waals surface area contributed by atoms with Crippen LogP contribution in [0.5, 0.6) is 0 Å². The number of aromatic amines is 1. The maximum absolute atomic E-state index is 13.2. The van der Waals surface area contributed by atoms with Crippen molar-refractivity contribution in [2.24, 2.45) is 0 Å². The van der Waals surface area contributed by atoms with E-state index in [0.717, 1.165) is 36.4 Å². The number of hydrogen-bond acceptors (Lipinski definition) is 5. The minimum atomic E-state index is -0.270. The van der Waals surface area contributed by atoms with Crippen LogP contribution in [0.25, 0.3) is 20.7 Å². The summed E-state index contributed by atoms with van der Waals surface area (Å²) in [6, 6.07) is 8.66. The van der Waals surface area contributed by atoms with Gasteiger partial charge in [0.05, 0.1) is 24.8 Å². The maximum Gasteiger partial charge on any atom is 0.268 e. The third-order valence-electron chi connectivity index (χ3n) is 5.51. The van der Waals surface area contributed by atoms with Gasteiger partial charge in [-0.05, 0) is 43.0 Å². The molecule has 3 aromatic rings. The second kappa shape index (κ2) is 6.82. The molecule has 1 aromatic carbocycles. The van der Waals surface area contributed by atoms with E-state index in [1.807, 2.05) is 6.07 Å². The van der Waals surface area contributed by atoms with Gasteiger partial charge in [-0.3, -0.25) is 9.69 Å². The van der Waals surface area contributed by atoms with Crippen LogP contribution in [0.4, 0.5) is 4.39 Å². The van der Waals surface area contributed by atoms with Gasteiger partial charge in [0.15, 0.2) is 0 Å². The molecule has 27 heavy (non-hydrogen) atoms. The van der Waals surface area contributed by atoms with Gasteiger partial charge >= 0.3 is 0 Å². The van der Waals surface area contributed by atoms with Gasteiger partial charge in [-0.1, -0.05) is 12.1 Å². The fraction of sp³-hybridized carbons (Fsp3) is 0.400. The van der Waals surface area contributed by atoms with E-state index in [1.165, 1.54) is 29.9 Å². The number of rotatable bonds is 3. The molecule has 2 atom stereocenters. The highest BCUT2D eigenvalue weighted by Gasteiger charge is 2.36. The molecule has 0 unspecified atom stereocenters. The normalized spacial score (nSPS) is 23.0. The Balaban J connectivity index is 1.46. The zero-order valence-electron chi connectivity index (χ0n) is 14.8. The molecule has 1 saturated heterocycles. The number of benzene rings is 1. The highest BCUT2D eigenvalue weighted by molar-refractivity contribution is 7.22. The lowest BCUT2D eigenvalue weighted by molar-refractivity contribution is -0.0596. The molecule has 2 aliphatic rings. The number of fused-ring (bicyclic) bond motifs is 2. The van der Waals surface area contributed by atoms with Gasteiger partial charge in [-0.2, -0.15) is 0 Å². The molecule has 2 aromatic heterocycles. The summed E-state index contributed by atoms with van der Waals surface area (Å²) in [4.78, 5) is 23.5. The molecule has 1 N–H and O–H groups in total. The van der Waals surface area contributed by atoms with Crippen molar-refractivity contribution in [3.05, 3.63) is 52.3 Å². The van der Waals surface area contributed by atoms with Gasteiger partial charge in [0.2, 0.25) is 0 Å². The molecule has 2 fully saturated rings. The van der Waals surface area contributed by atoms with E-state index in [0.29, 0.717) is 34.7 Å². The zero-order chi connectivity index (χ0) is 18.4. The highest BCUT2D eigenvalue weighted by Crippen LogP contribution is 2.32. The average molecular weight is 385 g/mol. The van der Waals surface area contributed by atoms with Crippen molar-refractivity contribution in [1.82, 2.24) is 14.9 Å². The number of hydrogen-bond donors (Lipinski definition) is 1. The Bertz CT molecular complexity index is 1030. The van der Waals surface area contributed by atoms with E-state index in [2.05, 4.69) is 9.88 Å². The third kappa shape index (κ3) is 3.20. The molecule has 3 heterocycles. The van der Waals surface area contributed by atoms with Crippen LogP contribution < -0.4 is 5.56 Å². The van der Waals surface area contributed by atoms with E-state index in [9.17, 15) is 9.18 Å². The molecule has 140 valence electrons. The summed E-state index contributed by atoms with van der Waals surface area (Å²) in [5, 5.41) is 0. The lowest BCUT2D eigenvalue weighted by Crippen LogP contribution is -2.48. The SMILES string of the molecule is O=c1[nH]c(CN2CCO[C@@H]3CCC[C@@H]32)nc2cc(-c3ccc(F)cc3)sc12. The summed E-state index contributed by atoms with van der Waals surface area (Å²) < 4.78 is 19.6. The lowest BCUT2D eigenvalue weighted by Gasteiger charge is -2.37. The molecule has 1 saturated carbocycles. The van der Waals surface area contributed by atoms with Crippen molar-refractivity contribution in [3.8, 4) is 10.4 Å². The monoisotopic (exact) mass is 385 g/mol. The second-order valence-electron chi connectivity index (χ2n) is 7.22. The van der Waals surface area contributed by atoms with E-state index in [-0.39, 0.29) is 11.4 Å². The number of H-pyrrole nitrogens is 1. The average Bonchev–Trinajstić information content (AvgIpc) is 3.30. The van der Waals surface area contributed by atoms with Crippen molar-refractivity contribution in [3.63, 3.8) is 0 Å². The molecule has 0 amide bonds. The van der Waals surface area contributed by atoms with Crippen molar-refractivity contribution in [2.75, 3.05) is 13.2 Å². The van der Waals surface area contributed by atoms with Crippen molar-refractivity contribution >= 4 is 21.6 Å². The molecule has 1 aliphatic heterocycles. The van der Waals surface area contributed by atoms with Crippen LogP contribution in [0, 0.1) is 5.82 Å². The van der Waals surface area contributed by atoms with Gasteiger partial charge < -0.3 is 9.72 Å². The highest BCUT2D eigenvalue weighted by atomic mass is 32.1. The fourth-order valence-corrected chi connectivity index (χ4v) is 5.21. The number of thiophene rings is 1. The van der Waals surface area contributed by atoms with Gasteiger partial charge in [0.25, 0.3) is 5.56 Å². The molecule has 7 heteroatoms. The molecule has 0 bridgehead atoms. The molecular formula is C20H20FN3O2S. The minimum absolute atomic E-state index is 0.107. The maximum atomic E-state index is 13.2. The van der Waals surface area contributed by atoms with Crippen molar-refractivity contribution in [1.29, 1.82) is 0 Å². The van der Waals surface area contributed by atoms with Crippen LogP contribution in [-0.2, 0) is 11.3 Å². The summed E-state index contributed by atoms with van der Waals surface area (Å²) in [5.41, 5.74) is 1.49. The number of morpholine rings is 1. The molecule has 1 aliphatic carbocycles. The summed E-state index contributed by atoms with van der Waals surface area (Å²) in [7, 11) is 0. The smallest absolute Gasteiger partial charge is 0.268 e.